The lowest BCUT2D eigenvalue weighted by Crippen LogP contribution is -2.24. The second kappa shape index (κ2) is 8.03. The number of benzene rings is 1. The molecule has 0 radical (unpaired) electrons. The summed E-state index contributed by atoms with van der Waals surface area (Å²) in [6.45, 7) is 0.671. The molecule has 3 rings (SSSR count). The highest BCUT2D eigenvalue weighted by Gasteiger charge is 2.11. The van der Waals surface area contributed by atoms with Gasteiger partial charge in [-0.1, -0.05) is 22.0 Å². The van der Waals surface area contributed by atoms with E-state index in [1.54, 1.807) is 22.0 Å². The van der Waals surface area contributed by atoms with Gasteiger partial charge in [-0.05, 0) is 47.4 Å². The smallest absolute Gasteiger partial charge is 0.222 e. The number of nitrogens with zero attached hydrogens (tertiary/aromatic N) is 2. The lowest BCUT2D eigenvalue weighted by atomic mass is 10.2. The Morgan fingerprint density at radius 1 is 1.44 bits per heavy atom. The molecule has 2 aromatic heterocycles. The summed E-state index contributed by atoms with van der Waals surface area (Å²) >= 11 is 10.1. The van der Waals surface area contributed by atoms with E-state index in [4.69, 9.17) is 12.2 Å². The number of hydrogen-bond donors (Lipinski definition) is 2. The highest BCUT2D eigenvalue weighted by atomic mass is 79.9. The predicted octanol–water partition coefficient (Wildman–Crippen LogP) is 4.28. The van der Waals surface area contributed by atoms with E-state index >= 15 is 0 Å². The van der Waals surface area contributed by atoms with Gasteiger partial charge in [-0.3, -0.25) is 14.5 Å². The Balaban J connectivity index is 1.61. The normalized spacial score (nSPS) is 10.8. The van der Waals surface area contributed by atoms with E-state index in [2.05, 4.69) is 31.4 Å². The van der Waals surface area contributed by atoms with Crippen molar-refractivity contribution in [3.63, 3.8) is 0 Å². The highest BCUT2D eigenvalue weighted by Crippen LogP contribution is 2.23. The Labute approximate surface area is 161 Å². The van der Waals surface area contributed by atoms with Gasteiger partial charge >= 0.3 is 0 Å². The summed E-state index contributed by atoms with van der Waals surface area (Å²) in [5.41, 5.74) is 0.688. The molecule has 3 aromatic rings. The molecule has 1 amide bonds. The van der Waals surface area contributed by atoms with Gasteiger partial charge in [0.25, 0.3) is 0 Å². The number of hydrogen-bond acceptors (Lipinski definition) is 4. The van der Waals surface area contributed by atoms with Gasteiger partial charge in [0.1, 0.15) is 5.82 Å². The first-order valence-electron chi connectivity index (χ1n) is 7.44. The van der Waals surface area contributed by atoms with Crippen LogP contribution in [0.5, 0.6) is 0 Å². The van der Waals surface area contributed by atoms with Crippen LogP contribution < -0.4 is 5.32 Å². The zero-order chi connectivity index (χ0) is 17.8. The molecule has 0 unspecified atom stereocenters. The molecular formula is C16H14BrFN4OS2. The quantitative estimate of drug-likeness (QED) is 0.562. The van der Waals surface area contributed by atoms with E-state index in [1.165, 1.54) is 12.1 Å². The van der Waals surface area contributed by atoms with Crippen molar-refractivity contribution in [2.45, 2.75) is 19.5 Å². The maximum Gasteiger partial charge on any atom is 0.222 e. The van der Waals surface area contributed by atoms with Gasteiger partial charge in [0, 0.05) is 24.0 Å². The monoisotopic (exact) mass is 440 g/mol. The van der Waals surface area contributed by atoms with Crippen LogP contribution in [0.25, 0.3) is 10.7 Å². The van der Waals surface area contributed by atoms with Crippen LogP contribution in [-0.4, -0.2) is 20.7 Å². The molecule has 5 nitrogen and oxygen atoms in total. The molecule has 0 saturated carbocycles. The molecule has 130 valence electrons. The molecule has 25 heavy (non-hydrogen) atoms. The summed E-state index contributed by atoms with van der Waals surface area (Å²) in [5, 5.41) is 11.7. The van der Waals surface area contributed by atoms with E-state index in [9.17, 15) is 9.18 Å². The Morgan fingerprint density at radius 3 is 3.04 bits per heavy atom. The summed E-state index contributed by atoms with van der Waals surface area (Å²) in [6.07, 6.45) is 0.249. The molecule has 0 bridgehead atoms. The van der Waals surface area contributed by atoms with Gasteiger partial charge in [0.15, 0.2) is 10.6 Å². The summed E-state index contributed by atoms with van der Waals surface area (Å²) < 4.78 is 16.3. The Bertz CT molecular complexity index is 936. The van der Waals surface area contributed by atoms with Crippen molar-refractivity contribution in [1.82, 2.24) is 20.1 Å². The van der Waals surface area contributed by atoms with Crippen LogP contribution in [0.15, 0.2) is 40.2 Å². The Morgan fingerprint density at radius 2 is 2.28 bits per heavy atom. The number of carbonyl (C=O) groups excluding carboxylic acids is 1. The van der Waals surface area contributed by atoms with E-state index in [0.717, 1.165) is 15.2 Å². The summed E-state index contributed by atoms with van der Waals surface area (Å²) in [5.74, 6) is 0.245. The first-order chi connectivity index (χ1) is 12.0. The van der Waals surface area contributed by atoms with E-state index in [-0.39, 0.29) is 24.7 Å². The average Bonchev–Trinajstić information content (AvgIpc) is 3.23. The van der Waals surface area contributed by atoms with Crippen molar-refractivity contribution in [2.24, 2.45) is 0 Å². The van der Waals surface area contributed by atoms with Gasteiger partial charge in [-0.15, -0.1) is 11.3 Å². The SMILES string of the molecule is O=C(CCn1c(-c2cccs2)n[nH]c1=S)NCc1cc(F)ccc1Br. The molecule has 9 heteroatoms. The maximum atomic E-state index is 13.3. The minimum absolute atomic E-state index is 0.142. The van der Waals surface area contributed by atoms with Crippen molar-refractivity contribution in [3.8, 4) is 10.7 Å². The molecular weight excluding hydrogens is 427 g/mol. The predicted molar refractivity (Wildman–Crippen MR) is 101 cm³/mol. The van der Waals surface area contributed by atoms with Crippen molar-refractivity contribution in [3.05, 3.63) is 56.3 Å². The third-order valence-corrected chi connectivity index (χ3v) is 5.50. The first kappa shape index (κ1) is 18.0. The summed E-state index contributed by atoms with van der Waals surface area (Å²) in [6, 6.07) is 8.27. The molecule has 0 spiro atoms. The molecule has 2 N–H and O–H groups in total. The van der Waals surface area contributed by atoms with Gasteiger partial charge in [0.2, 0.25) is 5.91 Å². The second-order valence-electron chi connectivity index (χ2n) is 5.24. The van der Waals surface area contributed by atoms with Crippen molar-refractivity contribution < 1.29 is 9.18 Å². The lowest BCUT2D eigenvalue weighted by molar-refractivity contribution is -0.121. The van der Waals surface area contributed by atoms with Crippen LogP contribution in [0.1, 0.15) is 12.0 Å². The minimum atomic E-state index is -0.335. The number of rotatable bonds is 6. The van der Waals surface area contributed by atoms with Gasteiger partial charge in [0.05, 0.1) is 4.88 Å². The minimum Gasteiger partial charge on any atom is -0.352 e. The zero-order valence-electron chi connectivity index (χ0n) is 13.0. The maximum absolute atomic E-state index is 13.3. The average molecular weight is 441 g/mol. The van der Waals surface area contributed by atoms with Crippen molar-refractivity contribution in [1.29, 1.82) is 0 Å². The molecule has 2 heterocycles. The molecule has 0 aliphatic rings. The lowest BCUT2D eigenvalue weighted by Gasteiger charge is -2.09. The molecule has 0 aliphatic heterocycles. The third-order valence-electron chi connectivity index (χ3n) is 3.55. The molecule has 0 fully saturated rings. The fourth-order valence-electron chi connectivity index (χ4n) is 2.29. The van der Waals surface area contributed by atoms with Crippen LogP contribution in [0.2, 0.25) is 0 Å². The van der Waals surface area contributed by atoms with Crippen LogP contribution in [-0.2, 0) is 17.9 Å². The number of halogens is 2. The number of H-pyrrole nitrogens is 1. The van der Waals surface area contributed by atoms with Gasteiger partial charge < -0.3 is 5.32 Å². The fourth-order valence-corrected chi connectivity index (χ4v) is 3.63. The Kier molecular flexibility index (Phi) is 5.77. The van der Waals surface area contributed by atoms with Gasteiger partial charge in [-0.2, -0.15) is 5.10 Å². The van der Waals surface area contributed by atoms with Gasteiger partial charge in [-0.25, -0.2) is 4.39 Å². The van der Waals surface area contributed by atoms with E-state index in [1.807, 2.05) is 17.5 Å². The van der Waals surface area contributed by atoms with E-state index < -0.39 is 0 Å². The number of amides is 1. The standard InChI is InChI=1S/C16H14BrFN4OS2/c17-12-4-3-11(18)8-10(12)9-19-14(23)5-6-22-15(20-21-16(22)24)13-2-1-7-25-13/h1-4,7-8H,5-6,9H2,(H,19,23)(H,21,24). The number of aromatic nitrogens is 3. The van der Waals surface area contributed by atoms with Crippen LogP contribution >= 0.6 is 39.5 Å². The fraction of sp³-hybridized carbons (Fsp3) is 0.188. The van der Waals surface area contributed by atoms with Crippen LogP contribution in [0.3, 0.4) is 0 Å². The first-order valence-corrected chi connectivity index (χ1v) is 9.52. The topological polar surface area (TPSA) is 62.7 Å². The largest absolute Gasteiger partial charge is 0.352 e. The molecule has 0 aliphatic carbocycles. The molecule has 0 saturated heterocycles. The number of thiophene rings is 1. The van der Waals surface area contributed by atoms with E-state index in [0.29, 0.717) is 16.9 Å². The Hall–Kier alpha value is -1.84. The van der Waals surface area contributed by atoms with Crippen LogP contribution in [0.4, 0.5) is 4.39 Å². The molecule has 0 atom stereocenters. The number of carbonyl (C=O) groups is 1. The van der Waals surface area contributed by atoms with Crippen molar-refractivity contribution in [2.75, 3.05) is 0 Å². The number of aromatic amines is 1. The summed E-state index contributed by atoms with van der Waals surface area (Å²) in [4.78, 5) is 13.1. The third kappa shape index (κ3) is 4.42. The molecule has 1 aromatic carbocycles. The van der Waals surface area contributed by atoms with Crippen LogP contribution in [0, 0.1) is 10.6 Å². The number of nitrogens with one attached hydrogen (secondary N) is 2. The zero-order valence-corrected chi connectivity index (χ0v) is 16.2. The van der Waals surface area contributed by atoms with Crippen molar-refractivity contribution >= 4 is 45.4 Å². The summed E-state index contributed by atoms with van der Waals surface area (Å²) in [7, 11) is 0. The highest BCUT2D eigenvalue weighted by molar-refractivity contribution is 9.10. The second-order valence-corrected chi connectivity index (χ2v) is 7.43.